The van der Waals surface area contributed by atoms with E-state index in [0.717, 1.165) is 16.6 Å². The minimum atomic E-state index is 0. The summed E-state index contributed by atoms with van der Waals surface area (Å²) in [5.74, 6) is 0. The number of nitrogens with zero attached hydrogens (tertiary/aromatic N) is 2. The fraction of sp³-hybridized carbons (Fsp3) is 0.300. The number of nitrogens with two attached hydrogens (primary N) is 1. The first-order chi connectivity index (χ1) is 6.16. The van der Waals surface area contributed by atoms with Crippen LogP contribution >= 0.6 is 24.8 Å². The van der Waals surface area contributed by atoms with Crippen molar-refractivity contribution >= 4 is 41.4 Å². The number of benzene rings is 1. The van der Waals surface area contributed by atoms with Crippen molar-refractivity contribution in [1.82, 2.24) is 9.78 Å². The summed E-state index contributed by atoms with van der Waals surface area (Å²) < 4.78 is 1.95. The van der Waals surface area contributed by atoms with E-state index in [4.69, 9.17) is 5.73 Å². The van der Waals surface area contributed by atoms with E-state index in [1.54, 1.807) is 0 Å². The Balaban J connectivity index is 0.000000980. The lowest BCUT2D eigenvalue weighted by atomic mass is 10.2. The van der Waals surface area contributed by atoms with Gasteiger partial charge in [0.25, 0.3) is 0 Å². The summed E-state index contributed by atoms with van der Waals surface area (Å²) >= 11 is 0. The lowest BCUT2D eigenvalue weighted by Crippen LogP contribution is -1.99. The summed E-state index contributed by atoms with van der Waals surface area (Å²) in [4.78, 5) is 0. The monoisotopic (exact) mass is 247 g/mol. The van der Waals surface area contributed by atoms with Crippen molar-refractivity contribution in [2.24, 2.45) is 0 Å². The Bertz CT molecular complexity index is 437. The van der Waals surface area contributed by atoms with Gasteiger partial charge in [0.2, 0.25) is 0 Å². The first kappa shape index (κ1) is 14.1. The molecule has 0 bridgehead atoms. The first-order valence-electron chi connectivity index (χ1n) is 4.41. The number of nitrogen functional groups attached to an aromatic ring is 1. The Hall–Kier alpha value is -0.930. The molecule has 0 spiro atoms. The van der Waals surface area contributed by atoms with E-state index in [2.05, 4.69) is 18.9 Å². The summed E-state index contributed by atoms with van der Waals surface area (Å²) in [6, 6.07) is 6.19. The van der Waals surface area contributed by atoms with E-state index >= 15 is 0 Å². The van der Waals surface area contributed by atoms with Gasteiger partial charge in [-0.15, -0.1) is 24.8 Å². The van der Waals surface area contributed by atoms with Crippen molar-refractivity contribution in [3.05, 3.63) is 24.4 Å². The van der Waals surface area contributed by atoms with Crippen LogP contribution in [0.25, 0.3) is 10.9 Å². The van der Waals surface area contributed by atoms with Gasteiger partial charge in [-0.25, -0.2) is 0 Å². The molecule has 1 aromatic heterocycles. The highest BCUT2D eigenvalue weighted by molar-refractivity contribution is 5.85. The van der Waals surface area contributed by atoms with Crippen LogP contribution in [0.1, 0.15) is 19.9 Å². The summed E-state index contributed by atoms with van der Waals surface area (Å²) in [6.07, 6.45) is 2.04. The highest BCUT2D eigenvalue weighted by Gasteiger charge is 2.02. The van der Waals surface area contributed by atoms with Gasteiger partial charge in [0.1, 0.15) is 0 Å². The SMILES string of the molecule is CC(C)n1cc2ccc(N)cc2n1.Cl.Cl. The molecule has 0 unspecified atom stereocenters. The molecule has 15 heavy (non-hydrogen) atoms. The smallest absolute Gasteiger partial charge is 0.0943 e. The molecular formula is C10H15Cl2N3. The molecule has 0 amide bonds. The van der Waals surface area contributed by atoms with Crippen LogP contribution in [0.2, 0.25) is 0 Å². The molecule has 0 aliphatic carbocycles. The fourth-order valence-corrected chi connectivity index (χ4v) is 1.32. The molecular weight excluding hydrogens is 233 g/mol. The average Bonchev–Trinajstić information content (AvgIpc) is 2.46. The van der Waals surface area contributed by atoms with Crippen LogP contribution in [0.3, 0.4) is 0 Å². The molecule has 0 radical (unpaired) electrons. The fourth-order valence-electron chi connectivity index (χ4n) is 1.32. The Kier molecular flexibility index (Phi) is 4.91. The standard InChI is InChI=1S/C10H13N3.2ClH/c1-7(2)13-6-8-3-4-9(11)5-10(8)12-13;;/h3-7H,11H2,1-2H3;2*1H. The topological polar surface area (TPSA) is 43.8 Å². The predicted molar refractivity (Wildman–Crippen MR) is 69.0 cm³/mol. The van der Waals surface area contributed by atoms with Crippen LogP contribution in [0.5, 0.6) is 0 Å². The van der Waals surface area contributed by atoms with E-state index in [9.17, 15) is 0 Å². The summed E-state index contributed by atoms with van der Waals surface area (Å²) in [5, 5.41) is 5.55. The number of rotatable bonds is 1. The minimum Gasteiger partial charge on any atom is -0.399 e. The van der Waals surface area contributed by atoms with Gasteiger partial charge < -0.3 is 5.73 Å². The van der Waals surface area contributed by atoms with Crippen LogP contribution < -0.4 is 5.73 Å². The second kappa shape index (κ2) is 5.24. The average molecular weight is 248 g/mol. The molecule has 84 valence electrons. The maximum absolute atomic E-state index is 5.66. The molecule has 2 rings (SSSR count). The van der Waals surface area contributed by atoms with Gasteiger partial charge in [0.05, 0.1) is 5.52 Å². The van der Waals surface area contributed by atoms with E-state index in [-0.39, 0.29) is 24.8 Å². The van der Waals surface area contributed by atoms with Crippen molar-refractivity contribution in [3.63, 3.8) is 0 Å². The van der Waals surface area contributed by atoms with Crippen LogP contribution in [-0.2, 0) is 0 Å². The third-order valence-corrected chi connectivity index (χ3v) is 2.08. The van der Waals surface area contributed by atoms with Crippen molar-refractivity contribution < 1.29 is 0 Å². The number of anilines is 1. The highest BCUT2D eigenvalue weighted by Crippen LogP contribution is 2.17. The van der Waals surface area contributed by atoms with Gasteiger partial charge in [-0.3, -0.25) is 4.68 Å². The quantitative estimate of drug-likeness (QED) is 0.788. The lowest BCUT2D eigenvalue weighted by molar-refractivity contribution is 0.537. The number of halogens is 2. The maximum Gasteiger partial charge on any atom is 0.0943 e. The predicted octanol–water partition coefficient (Wildman–Crippen LogP) is 3.04. The molecule has 0 fully saturated rings. The molecule has 5 heteroatoms. The van der Waals surface area contributed by atoms with Crippen LogP contribution in [0.4, 0.5) is 5.69 Å². The van der Waals surface area contributed by atoms with E-state index < -0.39 is 0 Å². The summed E-state index contributed by atoms with van der Waals surface area (Å²) in [6.45, 7) is 4.21. The first-order valence-corrected chi connectivity index (χ1v) is 4.41. The number of hydrogen-bond donors (Lipinski definition) is 1. The van der Waals surface area contributed by atoms with Gasteiger partial charge in [-0.05, 0) is 32.0 Å². The van der Waals surface area contributed by atoms with Crippen LogP contribution in [0, 0.1) is 0 Å². The molecule has 2 aromatic rings. The number of aromatic nitrogens is 2. The maximum atomic E-state index is 5.66. The Morgan fingerprint density at radius 2 is 1.93 bits per heavy atom. The van der Waals surface area contributed by atoms with Gasteiger partial charge in [-0.2, -0.15) is 5.10 Å². The summed E-state index contributed by atoms with van der Waals surface area (Å²) in [5.41, 5.74) is 7.39. The second-order valence-corrected chi connectivity index (χ2v) is 3.52. The third kappa shape index (κ3) is 2.76. The van der Waals surface area contributed by atoms with Gasteiger partial charge in [0, 0.05) is 23.3 Å². The molecule has 2 N–H and O–H groups in total. The molecule has 0 atom stereocenters. The minimum absolute atomic E-state index is 0. The van der Waals surface area contributed by atoms with Gasteiger partial charge in [-0.1, -0.05) is 0 Å². The molecule has 0 saturated heterocycles. The second-order valence-electron chi connectivity index (χ2n) is 3.52. The van der Waals surface area contributed by atoms with Crippen molar-refractivity contribution in [1.29, 1.82) is 0 Å². The van der Waals surface area contributed by atoms with Crippen molar-refractivity contribution in [2.75, 3.05) is 5.73 Å². The Morgan fingerprint density at radius 3 is 2.53 bits per heavy atom. The lowest BCUT2D eigenvalue weighted by Gasteiger charge is -2.02. The van der Waals surface area contributed by atoms with Crippen LogP contribution in [0.15, 0.2) is 24.4 Å². The van der Waals surface area contributed by atoms with Crippen molar-refractivity contribution in [3.8, 4) is 0 Å². The molecule has 3 nitrogen and oxygen atoms in total. The molecule has 0 aliphatic rings. The van der Waals surface area contributed by atoms with E-state index in [1.807, 2.05) is 29.1 Å². The number of hydrogen-bond acceptors (Lipinski definition) is 2. The zero-order chi connectivity index (χ0) is 9.42. The largest absolute Gasteiger partial charge is 0.399 e. The summed E-state index contributed by atoms with van der Waals surface area (Å²) in [7, 11) is 0. The zero-order valence-electron chi connectivity index (χ0n) is 8.68. The molecule has 1 aromatic carbocycles. The van der Waals surface area contributed by atoms with Crippen molar-refractivity contribution in [2.45, 2.75) is 19.9 Å². The molecule has 0 saturated carbocycles. The Labute approximate surface area is 101 Å². The number of fused-ring (bicyclic) bond motifs is 1. The molecule has 1 heterocycles. The normalized spacial score (nSPS) is 9.80. The van der Waals surface area contributed by atoms with E-state index in [1.165, 1.54) is 0 Å². The van der Waals surface area contributed by atoms with E-state index in [0.29, 0.717) is 6.04 Å². The highest BCUT2D eigenvalue weighted by atomic mass is 35.5. The van der Waals surface area contributed by atoms with Crippen LogP contribution in [-0.4, -0.2) is 9.78 Å². The molecule has 0 aliphatic heterocycles. The third-order valence-electron chi connectivity index (χ3n) is 2.08. The van der Waals surface area contributed by atoms with Gasteiger partial charge in [0.15, 0.2) is 0 Å². The Morgan fingerprint density at radius 1 is 1.27 bits per heavy atom. The zero-order valence-corrected chi connectivity index (χ0v) is 10.3. The van der Waals surface area contributed by atoms with Gasteiger partial charge >= 0.3 is 0 Å².